The summed E-state index contributed by atoms with van der Waals surface area (Å²) in [5.41, 5.74) is -0.554. The molecule has 0 unspecified atom stereocenters. The highest BCUT2D eigenvalue weighted by atomic mass is 32.2. The fourth-order valence-electron chi connectivity index (χ4n) is 7.98. The number of carbonyl (C=O) groups excluding carboxylic acids is 1. The van der Waals surface area contributed by atoms with E-state index in [9.17, 15) is 18.3 Å². The summed E-state index contributed by atoms with van der Waals surface area (Å²) in [7, 11) is -5.80. The van der Waals surface area contributed by atoms with Crippen LogP contribution < -0.4 is 0 Å². The van der Waals surface area contributed by atoms with Crippen molar-refractivity contribution in [2.75, 3.05) is 13.1 Å². The number of piperidine rings is 1. The molecule has 1 N–H and O–H groups in total. The normalized spacial score (nSPS) is 38.8. The van der Waals surface area contributed by atoms with Crippen molar-refractivity contribution in [1.82, 2.24) is 4.31 Å². The lowest BCUT2D eigenvalue weighted by atomic mass is 9.60. The average molecular weight is 548 g/mol. The first-order valence-corrected chi connectivity index (χ1v) is 18.4. The minimum atomic E-state index is -3.67. The Morgan fingerprint density at radius 3 is 2.38 bits per heavy atom. The summed E-state index contributed by atoms with van der Waals surface area (Å²) in [6.45, 7) is 16.0. The number of ketones is 1. The van der Waals surface area contributed by atoms with E-state index >= 15 is 0 Å². The Hall–Kier alpha value is -1.06. The van der Waals surface area contributed by atoms with Gasteiger partial charge in [-0.15, -0.1) is 0 Å². The maximum absolute atomic E-state index is 13.7. The third-order valence-corrected chi connectivity index (χ3v) is 17.2. The number of benzene rings is 1. The van der Waals surface area contributed by atoms with E-state index in [2.05, 4.69) is 40.8 Å². The molecule has 3 saturated carbocycles. The van der Waals surface area contributed by atoms with Crippen molar-refractivity contribution >= 4 is 24.1 Å². The molecule has 8 heteroatoms. The predicted octanol–water partition coefficient (Wildman–Crippen LogP) is 5.15. The van der Waals surface area contributed by atoms with Gasteiger partial charge in [-0.05, 0) is 74.7 Å². The van der Waals surface area contributed by atoms with Gasteiger partial charge in [0, 0.05) is 30.8 Å². The van der Waals surface area contributed by atoms with Crippen molar-refractivity contribution in [3.8, 4) is 0 Å². The molecule has 7 atom stereocenters. The Morgan fingerprint density at radius 2 is 1.76 bits per heavy atom. The number of rotatable bonds is 4. The standard InChI is InChI=1S/C29H45NO5SSi/c1-19-8-10-23(11-9-19)36(33,34)30-13-12-29(32)22(18-30)17-28-21(16-24(31)26(28)29)14-20(2)15-25(28)35-37(6,7)27(3,4)5/h8-11,20-22,25-26,32H,12-18H2,1-7H3/t20-,21+,22-,25-,26+,28-,29-/m1/s1. The SMILES string of the molecule is Cc1ccc(S(=O)(=O)N2CC[C@@]3(O)[C@@H](C2)C[C@]24[C@H](CC(=O)[C@H]32)C[C@@H](C)C[C@H]4O[Si](C)(C)C(C)(C)C)cc1. The van der Waals surface area contributed by atoms with E-state index in [-0.39, 0.29) is 41.9 Å². The number of nitrogens with zero attached hydrogens (tertiary/aromatic N) is 1. The maximum atomic E-state index is 13.7. The molecule has 0 amide bonds. The number of carbonyl (C=O) groups is 1. The van der Waals surface area contributed by atoms with Crippen molar-refractivity contribution in [3.63, 3.8) is 0 Å². The van der Waals surface area contributed by atoms with E-state index in [1.165, 1.54) is 0 Å². The molecule has 4 aliphatic rings. The lowest BCUT2D eigenvalue weighted by Crippen LogP contribution is -2.57. The van der Waals surface area contributed by atoms with Gasteiger partial charge in [-0.2, -0.15) is 4.31 Å². The molecule has 0 radical (unpaired) electrons. The first kappa shape index (κ1) is 27.5. The van der Waals surface area contributed by atoms with Gasteiger partial charge in [0.15, 0.2) is 8.32 Å². The molecule has 3 aliphatic carbocycles. The van der Waals surface area contributed by atoms with Gasteiger partial charge < -0.3 is 9.53 Å². The molecule has 0 bridgehead atoms. The third kappa shape index (κ3) is 4.12. The van der Waals surface area contributed by atoms with Crippen LogP contribution in [0.4, 0.5) is 0 Å². The summed E-state index contributed by atoms with van der Waals surface area (Å²) in [6.07, 6.45) is 3.30. The van der Waals surface area contributed by atoms with Crippen LogP contribution >= 0.6 is 0 Å². The van der Waals surface area contributed by atoms with Crippen LogP contribution in [-0.4, -0.2) is 56.7 Å². The lowest BCUT2D eigenvalue weighted by molar-refractivity contribution is -0.142. The summed E-state index contributed by atoms with van der Waals surface area (Å²) >= 11 is 0. The van der Waals surface area contributed by atoms with Crippen LogP contribution in [0.5, 0.6) is 0 Å². The number of aryl methyl sites for hydroxylation is 1. The van der Waals surface area contributed by atoms with E-state index in [4.69, 9.17) is 4.43 Å². The number of aliphatic hydroxyl groups is 1. The number of hydrogen-bond acceptors (Lipinski definition) is 5. The number of fused-ring (bicyclic) bond motifs is 2. The third-order valence-electron chi connectivity index (χ3n) is 10.9. The van der Waals surface area contributed by atoms with Gasteiger partial charge in [0.05, 0.1) is 22.5 Å². The van der Waals surface area contributed by atoms with Crippen LogP contribution in [0.15, 0.2) is 29.2 Å². The molecular weight excluding hydrogens is 502 g/mol. The monoisotopic (exact) mass is 547 g/mol. The van der Waals surface area contributed by atoms with Crippen LogP contribution in [0.25, 0.3) is 0 Å². The summed E-state index contributed by atoms with van der Waals surface area (Å²) in [5, 5.41) is 12.3. The van der Waals surface area contributed by atoms with Crippen LogP contribution in [0, 0.1) is 36.0 Å². The van der Waals surface area contributed by atoms with Crippen LogP contribution in [0.3, 0.4) is 0 Å². The molecule has 206 valence electrons. The van der Waals surface area contributed by atoms with Gasteiger partial charge in [0.25, 0.3) is 0 Å². The molecule has 5 rings (SSSR count). The first-order chi connectivity index (χ1) is 17.0. The van der Waals surface area contributed by atoms with Gasteiger partial charge in [0.2, 0.25) is 10.0 Å². The molecule has 1 aromatic carbocycles. The molecule has 1 aromatic rings. The largest absolute Gasteiger partial charge is 0.413 e. The summed E-state index contributed by atoms with van der Waals surface area (Å²) in [4.78, 5) is 14.0. The van der Waals surface area contributed by atoms with Gasteiger partial charge in [0.1, 0.15) is 5.78 Å². The zero-order valence-electron chi connectivity index (χ0n) is 23.6. The molecule has 1 aliphatic heterocycles. The Morgan fingerprint density at radius 1 is 1.11 bits per heavy atom. The van der Waals surface area contributed by atoms with E-state index in [1.54, 1.807) is 16.4 Å². The minimum Gasteiger partial charge on any atom is -0.413 e. The molecule has 1 saturated heterocycles. The average Bonchev–Trinajstić information content (AvgIpc) is 3.22. The molecule has 6 nitrogen and oxygen atoms in total. The lowest BCUT2D eigenvalue weighted by Gasteiger charge is -2.52. The van der Waals surface area contributed by atoms with E-state index in [0.717, 1.165) is 18.4 Å². The second-order valence-corrected chi connectivity index (χ2v) is 20.9. The van der Waals surface area contributed by atoms with Crippen molar-refractivity contribution in [2.24, 2.45) is 29.1 Å². The smallest absolute Gasteiger partial charge is 0.243 e. The summed E-state index contributed by atoms with van der Waals surface area (Å²) in [6, 6.07) is 6.97. The molecule has 0 aromatic heterocycles. The predicted molar refractivity (Wildman–Crippen MR) is 147 cm³/mol. The van der Waals surface area contributed by atoms with Crippen LogP contribution in [0.2, 0.25) is 18.1 Å². The zero-order chi connectivity index (χ0) is 27.2. The van der Waals surface area contributed by atoms with Crippen molar-refractivity contribution in [1.29, 1.82) is 0 Å². The molecular formula is C29H45NO5SSi. The quantitative estimate of drug-likeness (QED) is 0.527. The van der Waals surface area contributed by atoms with Crippen molar-refractivity contribution < 1.29 is 22.7 Å². The van der Waals surface area contributed by atoms with Crippen LogP contribution in [-0.2, 0) is 19.2 Å². The highest BCUT2D eigenvalue weighted by Gasteiger charge is 2.74. The van der Waals surface area contributed by atoms with E-state index < -0.39 is 35.3 Å². The Labute approximate surface area is 224 Å². The second kappa shape index (κ2) is 8.72. The fraction of sp³-hybridized carbons (Fsp3) is 0.759. The fourth-order valence-corrected chi connectivity index (χ4v) is 10.9. The number of sulfonamides is 1. The van der Waals surface area contributed by atoms with Crippen molar-refractivity contribution in [3.05, 3.63) is 29.8 Å². The van der Waals surface area contributed by atoms with Gasteiger partial charge in [-0.3, -0.25) is 4.79 Å². The summed E-state index contributed by atoms with van der Waals surface area (Å²) < 4.78 is 35.8. The topological polar surface area (TPSA) is 83.9 Å². The number of Topliss-reactive ketones (excluding diaryl/α,β-unsaturated/α-hetero) is 1. The second-order valence-electron chi connectivity index (χ2n) is 14.2. The highest BCUT2D eigenvalue weighted by Crippen LogP contribution is 2.69. The maximum Gasteiger partial charge on any atom is 0.243 e. The highest BCUT2D eigenvalue weighted by molar-refractivity contribution is 7.89. The molecule has 37 heavy (non-hydrogen) atoms. The molecule has 1 spiro atoms. The van der Waals surface area contributed by atoms with Gasteiger partial charge in [-0.25, -0.2) is 8.42 Å². The van der Waals surface area contributed by atoms with E-state index in [1.807, 2.05) is 19.1 Å². The van der Waals surface area contributed by atoms with Crippen molar-refractivity contribution in [2.45, 2.75) is 101 Å². The Bertz CT molecular complexity index is 1180. The summed E-state index contributed by atoms with van der Waals surface area (Å²) in [5.74, 6) is 0.106. The molecule has 4 fully saturated rings. The minimum absolute atomic E-state index is 0.0408. The Balaban J connectivity index is 1.50. The number of hydrogen-bond donors (Lipinski definition) is 1. The van der Waals surface area contributed by atoms with Crippen LogP contribution in [0.1, 0.15) is 65.4 Å². The van der Waals surface area contributed by atoms with E-state index in [0.29, 0.717) is 30.1 Å². The Kier molecular flexibility index (Phi) is 6.48. The molecule has 1 heterocycles. The zero-order valence-corrected chi connectivity index (χ0v) is 25.4. The first-order valence-electron chi connectivity index (χ1n) is 14.0. The van der Waals surface area contributed by atoms with Gasteiger partial charge in [-0.1, -0.05) is 45.4 Å². The van der Waals surface area contributed by atoms with Gasteiger partial charge >= 0.3 is 0 Å².